The molecule has 0 aromatic heterocycles. The molecule has 26 heavy (non-hydrogen) atoms. The molecule has 2 saturated heterocycles. The van der Waals surface area contributed by atoms with E-state index in [1.807, 2.05) is 32.6 Å². The second-order valence-corrected chi connectivity index (χ2v) is 9.12. The third-order valence-electron chi connectivity index (χ3n) is 6.82. The van der Waals surface area contributed by atoms with Gasteiger partial charge in [-0.15, -0.1) is 0 Å². The maximum absolute atomic E-state index is 14.5. The van der Waals surface area contributed by atoms with Gasteiger partial charge < -0.3 is 14.2 Å². The van der Waals surface area contributed by atoms with Gasteiger partial charge in [-0.25, -0.2) is 4.39 Å². The van der Waals surface area contributed by atoms with E-state index in [1.54, 1.807) is 12.1 Å². The topological polar surface area (TPSA) is 38.8 Å². The maximum atomic E-state index is 14.5. The smallest absolute Gasteiger partial charge is 0.399 e. The van der Waals surface area contributed by atoms with Crippen molar-refractivity contribution in [2.75, 3.05) is 13.1 Å². The fourth-order valence-corrected chi connectivity index (χ4v) is 3.87. The third kappa shape index (κ3) is 2.97. The minimum Gasteiger partial charge on any atom is -0.399 e. The van der Waals surface area contributed by atoms with Crippen molar-refractivity contribution in [2.45, 2.75) is 64.6 Å². The average Bonchev–Trinajstić information content (AvgIpc) is 3.28. The summed E-state index contributed by atoms with van der Waals surface area (Å²) in [5.41, 5.74) is 0.228. The zero-order chi connectivity index (χ0) is 18.7. The van der Waals surface area contributed by atoms with Gasteiger partial charge in [0.05, 0.1) is 11.2 Å². The SMILES string of the molecule is CC1(C)OB(c2cc(C(=O)N3CCC4(CC3)CC4)ccc2F)OC1(C)C. The van der Waals surface area contributed by atoms with Crippen molar-refractivity contribution >= 4 is 18.5 Å². The molecule has 3 fully saturated rings. The van der Waals surface area contributed by atoms with E-state index in [1.165, 1.54) is 18.9 Å². The molecule has 1 spiro atoms. The molecule has 1 saturated carbocycles. The fraction of sp³-hybridized carbons (Fsp3) is 0.650. The molecule has 0 radical (unpaired) electrons. The highest BCUT2D eigenvalue weighted by atomic mass is 19.1. The molecule has 1 amide bonds. The highest BCUT2D eigenvalue weighted by Crippen LogP contribution is 2.53. The maximum Gasteiger partial charge on any atom is 0.497 e. The lowest BCUT2D eigenvalue weighted by atomic mass is 9.77. The summed E-state index contributed by atoms with van der Waals surface area (Å²) in [6.45, 7) is 9.31. The second kappa shape index (κ2) is 5.80. The molecule has 3 aliphatic rings. The van der Waals surface area contributed by atoms with Crippen LogP contribution < -0.4 is 5.46 Å². The molecule has 4 nitrogen and oxygen atoms in total. The molecule has 0 atom stereocenters. The van der Waals surface area contributed by atoms with Gasteiger partial charge in [0.1, 0.15) is 5.82 Å². The van der Waals surface area contributed by atoms with E-state index < -0.39 is 24.1 Å². The summed E-state index contributed by atoms with van der Waals surface area (Å²) in [6, 6.07) is 4.51. The lowest BCUT2D eigenvalue weighted by molar-refractivity contribution is 0.00578. The van der Waals surface area contributed by atoms with Crippen molar-refractivity contribution in [1.82, 2.24) is 4.90 Å². The van der Waals surface area contributed by atoms with Crippen LogP contribution in [0.4, 0.5) is 4.39 Å². The largest absolute Gasteiger partial charge is 0.497 e. The number of rotatable bonds is 2. The number of halogens is 1. The summed E-state index contributed by atoms with van der Waals surface area (Å²) < 4.78 is 26.4. The zero-order valence-electron chi connectivity index (χ0n) is 16.1. The number of carbonyl (C=O) groups excluding carboxylic acids is 1. The number of carbonyl (C=O) groups is 1. The number of amides is 1. The molecule has 2 aliphatic heterocycles. The summed E-state index contributed by atoms with van der Waals surface area (Å²) in [6.07, 6.45) is 4.78. The van der Waals surface area contributed by atoms with Crippen LogP contribution in [-0.4, -0.2) is 42.2 Å². The van der Waals surface area contributed by atoms with Crippen LogP contribution >= 0.6 is 0 Å². The van der Waals surface area contributed by atoms with Crippen molar-refractivity contribution in [3.8, 4) is 0 Å². The zero-order valence-corrected chi connectivity index (χ0v) is 16.1. The van der Waals surface area contributed by atoms with Gasteiger partial charge in [0.2, 0.25) is 0 Å². The Balaban J connectivity index is 1.54. The first-order valence-electron chi connectivity index (χ1n) is 9.57. The van der Waals surface area contributed by atoms with Gasteiger partial charge in [-0.1, -0.05) is 0 Å². The van der Waals surface area contributed by atoms with Gasteiger partial charge in [0, 0.05) is 24.1 Å². The van der Waals surface area contributed by atoms with Gasteiger partial charge in [-0.05, 0) is 77.0 Å². The number of piperidine rings is 1. The number of hydrogen-bond acceptors (Lipinski definition) is 3. The Kier molecular flexibility index (Phi) is 4.01. The van der Waals surface area contributed by atoms with Crippen LogP contribution in [0.1, 0.15) is 63.7 Å². The number of benzene rings is 1. The second-order valence-electron chi connectivity index (χ2n) is 9.12. The molecule has 2 heterocycles. The van der Waals surface area contributed by atoms with Gasteiger partial charge in [-0.2, -0.15) is 0 Å². The number of nitrogens with zero attached hydrogens (tertiary/aromatic N) is 1. The first-order chi connectivity index (χ1) is 12.1. The van der Waals surface area contributed by atoms with Crippen LogP contribution in [0.5, 0.6) is 0 Å². The number of hydrogen-bond donors (Lipinski definition) is 0. The Labute approximate surface area is 155 Å². The molecule has 1 aromatic rings. The molecule has 0 bridgehead atoms. The van der Waals surface area contributed by atoms with E-state index in [0.717, 1.165) is 25.9 Å². The van der Waals surface area contributed by atoms with Crippen LogP contribution in [-0.2, 0) is 9.31 Å². The van der Waals surface area contributed by atoms with Crippen LogP contribution in [0.15, 0.2) is 18.2 Å². The predicted octanol–water partition coefficient (Wildman–Crippen LogP) is 3.14. The Morgan fingerprint density at radius 2 is 1.62 bits per heavy atom. The Hall–Kier alpha value is -1.40. The van der Waals surface area contributed by atoms with Crippen LogP contribution in [0.3, 0.4) is 0 Å². The van der Waals surface area contributed by atoms with E-state index in [2.05, 4.69) is 0 Å². The monoisotopic (exact) mass is 359 g/mol. The average molecular weight is 359 g/mol. The summed E-state index contributed by atoms with van der Waals surface area (Å²) in [7, 11) is -0.802. The molecular formula is C20H27BFNO3. The van der Waals surface area contributed by atoms with Crippen LogP contribution in [0, 0.1) is 11.2 Å². The molecule has 6 heteroatoms. The van der Waals surface area contributed by atoms with Crippen molar-refractivity contribution in [1.29, 1.82) is 0 Å². The van der Waals surface area contributed by atoms with E-state index in [-0.39, 0.29) is 5.91 Å². The van der Waals surface area contributed by atoms with Gasteiger partial charge in [0.15, 0.2) is 0 Å². The first-order valence-corrected chi connectivity index (χ1v) is 9.57. The van der Waals surface area contributed by atoms with E-state index >= 15 is 0 Å². The quantitative estimate of drug-likeness (QED) is 0.762. The van der Waals surface area contributed by atoms with Crippen molar-refractivity contribution in [3.63, 3.8) is 0 Å². The predicted molar refractivity (Wildman–Crippen MR) is 98.9 cm³/mol. The lowest BCUT2D eigenvalue weighted by Crippen LogP contribution is -2.41. The Morgan fingerprint density at radius 1 is 1.04 bits per heavy atom. The lowest BCUT2D eigenvalue weighted by Gasteiger charge is -2.32. The minimum absolute atomic E-state index is 0.0294. The third-order valence-corrected chi connectivity index (χ3v) is 6.82. The van der Waals surface area contributed by atoms with Gasteiger partial charge in [0.25, 0.3) is 5.91 Å². The fourth-order valence-electron chi connectivity index (χ4n) is 3.87. The standard InChI is InChI=1S/C20H27BFNO3/c1-18(2)19(3,4)26-21(25-18)15-13-14(5-6-16(15)22)17(24)23-11-9-20(7-8-20)10-12-23/h5-6,13H,7-12H2,1-4H3. The van der Waals surface area contributed by atoms with E-state index in [4.69, 9.17) is 9.31 Å². The highest BCUT2D eigenvalue weighted by molar-refractivity contribution is 6.62. The summed E-state index contributed by atoms with van der Waals surface area (Å²) in [5.74, 6) is -0.436. The Morgan fingerprint density at radius 3 is 2.15 bits per heavy atom. The van der Waals surface area contributed by atoms with Crippen molar-refractivity contribution < 1.29 is 18.5 Å². The molecule has 1 aromatic carbocycles. The Bertz CT molecular complexity index is 719. The van der Waals surface area contributed by atoms with E-state index in [9.17, 15) is 9.18 Å². The number of likely N-dealkylation sites (tertiary alicyclic amines) is 1. The van der Waals surface area contributed by atoms with Crippen LogP contribution in [0.25, 0.3) is 0 Å². The van der Waals surface area contributed by atoms with Crippen molar-refractivity contribution in [3.05, 3.63) is 29.6 Å². The van der Waals surface area contributed by atoms with Gasteiger partial charge in [-0.3, -0.25) is 4.79 Å². The molecular weight excluding hydrogens is 332 g/mol. The first kappa shape index (κ1) is 18.0. The molecule has 0 unspecified atom stereocenters. The molecule has 140 valence electrons. The highest BCUT2D eigenvalue weighted by Gasteiger charge is 2.52. The van der Waals surface area contributed by atoms with Crippen LogP contribution in [0.2, 0.25) is 0 Å². The van der Waals surface area contributed by atoms with Gasteiger partial charge >= 0.3 is 7.12 Å². The minimum atomic E-state index is -0.802. The molecule has 1 aliphatic carbocycles. The van der Waals surface area contributed by atoms with E-state index in [0.29, 0.717) is 16.4 Å². The molecule has 4 rings (SSSR count). The molecule has 0 N–H and O–H groups in total. The normalized spacial score (nSPS) is 25.6. The summed E-state index contributed by atoms with van der Waals surface area (Å²) >= 11 is 0. The summed E-state index contributed by atoms with van der Waals surface area (Å²) in [4.78, 5) is 14.8. The summed E-state index contributed by atoms with van der Waals surface area (Å²) in [5, 5.41) is 0. The van der Waals surface area contributed by atoms with Crippen molar-refractivity contribution in [2.24, 2.45) is 5.41 Å².